The minimum Gasteiger partial charge on any atom is -0.478 e. The number of rotatable bonds is 4. The van der Waals surface area contributed by atoms with Gasteiger partial charge in [-0.15, -0.1) is 0 Å². The second-order valence-corrected chi connectivity index (χ2v) is 4.93. The highest BCUT2D eigenvalue weighted by molar-refractivity contribution is 7.98. The third-order valence-electron chi connectivity index (χ3n) is 3.00. The number of carbonyl (C=O) groups is 1. The van der Waals surface area contributed by atoms with Gasteiger partial charge >= 0.3 is 5.97 Å². The van der Waals surface area contributed by atoms with Gasteiger partial charge in [-0.3, -0.25) is 0 Å². The lowest BCUT2D eigenvalue weighted by Gasteiger charge is -2.16. The average molecular weight is 222 g/mol. The van der Waals surface area contributed by atoms with E-state index < -0.39 is 5.97 Å². The van der Waals surface area contributed by atoms with Gasteiger partial charge in [0.05, 0.1) is 5.56 Å². The van der Waals surface area contributed by atoms with Crippen molar-refractivity contribution in [3.05, 3.63) is 35.4 Å². The van der Waals surface area contributed by atoms with Gasteiger partial charge in [0.15, 0.2) is 0 Å². The van der Waals surface area contributed by atoms with Crippen LogP contribution in [0.15, 0.2) is 24.3 Å². The molecule has 1 fully saturated rings. The smallest absolute Gasteiger partial charge is 0.335 e. The summed E-state index contributed by atoms with van der Waals surface area (Å²) in [7, 11) is 0. The fourth-order valence-electron chi connectivity index (χ4n) is 2.05. The third-order valence-corrected chi connectivity index (χ3v) is 3.84. The number of aromatic carboxylic acids is 1. The van der Waals surface area contributed by atoms with Gasteiger partial charge in [0.2, 0.25) is 0 Å². The van der Waals surface area contributed by atoms with Gasteiger partial charge in [0, 0.05) is 11.2 Å². The summed E-state index contributed by atoms with van der Waals surface area (Å²) in [5.41, 5.74) is 1.64. The zero-order chi connectivity index (χ0) is 10.9. The molecular weight excluding hydrogens is 208 g/mol. The van der Waals surface area contributed by atoms with Crippen LogP contribution in [0.4, 0.5) is 0 Å². The van der Waals surface area contributed by atoms with Gasteiger partial charge in [0.1, 0.15) is 0 Å². The molecule has 0 unspecified atom stereocenters. The molecule has 0 spiro atoms. The third kappa shape index (κ3) is 1.88. The van der Waals surface area contributed by atoms with Crippen molar-refractivity contribution in [3.63, 3.8) is 0 Å². The van der Waals surface area contributed by atoms with Gasteiger partial charge in [-0.2, -0.15) is 11.8 Å². The van der Waals surface area contributed by atoms with Crippen molar-refractivity contribution < 1.29 is 9.90 Å². The predicted molar refractivity (Wildman–Crippen MR) is 62.7 cm³/mol. The fraction of sp³-hybridized carbons (Fsp3) is 0.417. The van der Waals surface area contributed by atoms with Crippen LogP contribution in [0.1, 0.15) is 28.8 Å². The Morgan fingerprint density at radius 3 is 2.67 bits per heavy atom. The van der Waals surface area contributed by atoms with Crippen LogP contribution in [-0.2, 0) is 5.41 Å². The van der Waals surface area contributed by atoms with Crippen LogP contribution in [-0.4, -0.2) is 23.1 Å². The van der Waals surface area contributed by atoms with E-state index in [0.717, 1.165) is 24.2 Å². The Kier molecular flexibility index (Phi) is 2.74. The number of carboxylic acids is 1. The van der Waals surface area contributed by atoms with E-state index in [9.17, 15) is 4.79 Å². The van der Waals surface area contributed by atoms with Gasteiger partial charge < -0.3 is 5.11 Å². The van der Waals surface area contributed by atoms with Crippen LogP contribution >= 0.6 is 11.8 Å². The van der Waals surface area contributed by atoms with E-state index in [1.165, 1.54) is 0 Å². The van der Waals surface area contributed by atoms with E-state index in [4.69, 9.17) is 5.11 Å². The zero-order valence-electron chi connectivity index (χ0n) is 8.69. The first-order chi connectivity index (χ1) is 7.19. The first-order valence-electron chi connectivity index (χ1n) is 5.01. The van der Waals surface area contributed by atoms with Crippen molar-refractivity contribution in [2.75, 3.05) is 12.0 Å². The van der Waals surface area contributed by atoms with E-state index >= 15 is 0 Å². The summed E-state index contributed by atoms with van der Waals surface area (Å²) >= 11 is 1.79. The highest BCUT2D eigenvalue weighted by Crippen LogP contribution is 2.51. The number of thioether (sulfide) groups is 1. The summed E-state index contributed by atoms with van der Waals surface area (Å²) in [4.78, 5) is 11.1. The summed E-state index contributed by atoms with van der Waals surface area (Å²) < 4.78 is 0. The molecule has 0 heterocycles. The first-order valence-corrected chi connectivity index (χ1v) is 6.41. The van der Waals surface area contributed by atoms with Crippen LogP contribution < -0.4 is 0 Å². The van der Waals surface area contributed by atoms with E-state index in [0.29, 0.717) is 5.56 Å². The molecule has 3 heteroatoms. The molecule has 0 bridgehead atoms. The SMILES string of the molecule is CSCC1(c2ccccc2C(=O)O)CC1. The van der Waals surface area contributed by atoms with Crippen molar-refractivity contribution in [3.8, 4) is 0 Å². The molecule has 0 radical (unpaired) electrons. The van der Waals surface area contributed by atoms with Crippen LogP contribution in [0, 0.1) is 0 Å². The molecule has 0 aliphatic heterocycles. The maximum absolute atomic E-state index is 11.1. The largest absolute Gasteiger partial charge is 0.478 e. The minimum absolute atomic E-state index is 0.147. The van der Waals surface area contributed by atoms with Crippen molar-refractivity contribution in [1.82, 2.24) is 0 Å². The molecule has 0 amide bonds. The normalized spacial score (nSPS) is 17.4. The number of hydrogen-bond acceptors (Lipinski definition) is 2. The number of benzene rings is 1. The Labute approximate surface area is 93.7 Å². The highest BCUT2D eigenvalue weighted by Gasteiger charge is 2.45. The molecule has 1 aromatic rings. The summed E-state index contributed by atoms with van der Waals surface area (Å²) in [6, 6.07) is 7.40. The van der Waals surface area contributed by atoms with E-state index in [1.807, 2.05) is 12.1 Å². The maximum atomic E-state index is 11.1. The molecule has 1 saturated carbocycles. The zero-order valence-corrected chi connectivity index (χ0v) is 9.51. The molecule has 1 N–H and O–H groups in total. The molecule has 1 aliphatic carbocycles. The lowest BCUT2D eigenvalue weighted by Crippen LogP contribution is -2.15. The highest BCUT2D eigenvalue weighted by atomic mass is 32.2. The van der Waals surface area contributed by atoms with Crippen molar-refractivity contribution >= 4 is 17.7 Å². The number of hydrogen-bond donors (Lipinski definition) is 1. The van der Waals surface area contributed by atoms with Crippen LogP contribution in [0.5, 0.6) is 0 Å². The van der Waals surface area contributed by atoms with Gasteiger partial charge in [0.25, 0.3) is 0 Å². The van der Waals surface area contributed by atoms with Crippen molar-refractivity contribution in [2.45, 2.75) is 18.3 Å². The Morgan fingerprint density at radius 2 is 2.13 bits per heavy atom. The second-order valence-electron chi connectivity index (χ2n) is 4.06. The van der Waals surface area contributed by atoms with Crippen LogP contribution in [0.2, 0.25) is 0 Å². The summed E-state index contributed by atoms with van der Waals surface area (Å²) in [6.07, 6.45) is 4.32. The lowest BCUT2D eigenvalue weighted by molar-refractivity contribution is 0.0695. The molecule has 0 saturated heterocycles. The molecule has 1 aromatic carbocycles. The van der Waals surface area contributed by atoms with E-state index in [1.54, 1.807) is 23.9 Å². The fourth-order valence-corrected chi connectivity index (χ4v) is 3.05. The molecule has 2 rings (SSSR count). The van der Waals surface area contributed by atoms with E-state index in [2.05, 4.69) is 6.26 Å². The lowest BCUT2D eigenvalue weighted by atomic mass is 9.93. The van der Waals surface area contributed by atoms with Gasteiger partial charge in [-0.05, 0) is 30.7 Å². The van der Waals surface area contributed by atoms with E-state index in [-0.39, 0.29) is 5.41 Å². The standard InChI is InChI=1S/C12H14O2S/c1-15-8-12(6-7-12)10-5-3-2-4-9(10)11(13)14/h2-5H,6-8H2,1H3,(H,13,14). The molecule has 80 valence electrons. The quantitative estimate of drug-likeness (QED) is 0.851. The Morgan fingerprint density at radius 1 is 1.47 bits per heavy atom. The summed E-state index contributed by atoms with van der Waals surface area (Å²) in [5.74, 6) is 0.218. The number of carboxylic acid groups (broad SMARTS) is 1. The Hall–Kier alpha value is -0.960. The van der Waals surface area contributed by atoms with Crippen LogP contribution in [0.3, 0.4) is 0 Å². The topological polar surface area (TPSA) is 37.3 Å². The summed E-state index contributed by atoms with van der Waals surface area (Å²) in [5, 5.41) is 9.12. The Bertz CT molecular complexity index is 383. The molecule has 0 aromatic heterocycles. The molecule has 0 atom stereocenters. The predicted octanol–water partition coefficient (Wildman–Crippen LogP) is 2.78. The molecule has 1 aliphatic rings. The minimum atomic E-state index is -0.807. The molecule has 15 heavy (non-hydrogen) atoms. The van der Waals surface area contributed by atoms with Gasteiger partial charge in [-0.25, -0.2) is 4.79 Å². The van der Waals surface area contributed by atoms with Crippen molar-refractivity contribution in [2.24, 2.45) is 0 Å². The second kappa shape index (κ2) is 3.89. The summed E-state index contributed by atoms with van der Waals surface area (Å²) in [6.45, 7) is 0. The average Bonchev–Trinajstić information content (AvgIpc) is 2.99. The molecule has 2 nitrogen and oxygen atoms in total. The van der Waals surface area contributed by atoms with Crippen LogP contribution in [0.25, 0.3) is 0 Å². The van der Waals surface area contributed by atoms with Gasteiger partial charge in [-0.1, -0.05) is 18.2 Å². The molecular formula is C12H14O2S. The first kappa shape index (κ1) is 10.6. The Balaban J connectivity index is 2.39. The monoisotopic (exact) mass is 222 g/mol. The maximum Gasteiger partial charge on any atom is 0.335 e. The van der Waals surface area contributed by atoms with Crippen molar-refractivity contribution in [1.29, 1.82) is 0 Å².